The topological polar surface area (TPSA) is 60.2 Å². The lowest BCUT2D eigenvalue weighted by molar-refractivity contribution is 0.317. The zero-order chi connectivity index (χ0) is 12.8. The molecule has 0 amide bonds. The first-order valence-corrected chi connectivity index (χ1v) is 6.03. The maximum atomic E-state index is 5.61. The average Bonchev–Trinajstić information content (AvgIpc) is 2.81. The van der Waals surface area contributed by atoms with E-state index < -0.39 is 0 Å². The Labute approximate surface area is 106 Å². The van der Waals surface area contributed by atoms with Crippen molar-refractivity contribution >= 4 is 5.82 Å². The van der Waals surface area contributed by atoms with Crippen LogP contribution in [0.5, 0.6) is 5.75 Å². The largest absolute Gasteiger partial charge is 0.490 e. The number of anilines is 1. The van der Waals surface area contributed by atoms with E-state index in [0.29, 0.717) is 13.2 Å². The molecule has 0 atom stereocenters. The molecule has 18 heavy (non-hydrogen) atoms. The van der Waals surface area contributed by atoms with Gasteiger partial charge in [-0.1, -0.05) is 12.1 Å². The number of aryl methyl sites for hydroxylation is 1. The van der Waals surface area contributed by atoms with Crippen LogP contribution in [-0.4, -0.2) is 16.7 Å². The Balaban J connectivity index is 1.99. The van der Waals surface area contributed by atoms with Gasteiger partial charge in [0.2, 0.25) is 0 Å². The van der Waals surface area contributed by atoms with Crippen LogP contribution >= 0.6 is 0 Å². The Hall–Kier alpha value is -2.04. The second-order valence-corrected chi connectivity index (χ2v) is 3.98. The smallest absolute Gasteiger partial charge is 0.169 e. The van der Waals surface area contributed by atoms with Gasteiger partial charge in [0.1, 0.15) is 11.5 Å². The third-order valence-corrected chi connectivity index (χ3v) is 2.35. The first-order chi connectivity index (χ1) is 8.79. The standard InChI is InChI=1S/C13H17N3O2/c1-3-7-17-12-5-4-6-14-13(12)15-9-11-8-10(2)18-16-11/h4-6,8H,3,7,9H2,1-2H3,(H,14,15). The van der Waals surface area contributed by atoms with Crippen LogP contribution in [-0.2, 0) is 6.54 Å². The maximum Gasteiger partial charge on any atom is 0.169 e. The van der Waals surface area contributed by atoms with Crippen molar-refractivity contribution in [3.63, 3.8) is 0 Å². The summed E-state index contributed by atoms with van der Waals surface area (Å²) in [6.07, 6.45) is 2.70. The van der Waals surface area contributed by atoms with E-state index >= 15 is 0 Å². The van der Waals surface area contributed by atoms with Gasteiger partial charge in [-0.15, -0.1) is 0 Å². The fraction of sp³-hybridized carbons (Fsp3) is 0.385. The second-order valence-electron chi connectivity index (χ2n) is 3.98. The highest BCUT2D eigenvalue weighted by atomic mass is 16.5. The van der Waals surface area contributed by atoms with Gasteiger partial charge in [-0.2, -0.15) is 0 Å². The summed E-state index contributed by atoms with van der Waals surface area (Å²) in [6, 6.07) is 5.65. The molecule has 0 spiro atoms. The lowest BCUT2D eigenvalue weighted by Gasteiger charge is -2.10. The van der Waals surface area contributed by atoms with Crippen molar-refractivity contribution in [2.24, 2.45) is 0 Å². The van der Waals surface area contributed by atoms with Crippen molar-refractivity contribution in [3.8, 4) is 5.75 Å². The van der Waals surface area contributed by atoms with Crippen molar-refractivity contribution in [1.29, 1.82) is 0 Å². The highest BCUT2D eigenvalue weighted by Gasteiger charge is 2.05. The van der Waals surface area contributed by atoms with Gasteiger partial charge in [0.05, 0.1) is 13.2 Å². The van der Waals surface area contributed by atoms with Gasteiger partial charge >= 0.3 is 0 Å². The fourth-order valence-electron chi connectivity index (χ4n) is 1.53. The Bertz CT molecular complexity index is 496. The lowest BCUT2D eigenvalue weighted by atomic mass is 10.3. The molecule has 0 aromatic carbocycles. The third kappa shape index (κ3) is 3.23. The molecule has 0 fully saturated rings. The average molecular weight is 247 g/mol. The molecule has 5 nitrogen and oxygen atoms in total. The van der Waals surface area contributed by atoms with Crippen molar-refractivity contribution < 1.29 is 9.26 Å². The summed E-state index contributed by atoms with van der Waals surface area (Å²) in [6.45, 7) is 5.19. The van der Waals surface area contributed by atoms with Gasteiger partial charge in [-0.05, 0) is 25.5 Å². The predicted octanol–water partition coefficient (Wildman–Crippen LogP) is 2.78. The molecule has 0 radical (unpaired) electrons. The molecule has 2 aromatic heterocycles. The fourth-order valence-corrected chi connectivity index (χ4v) is 1.53. The summed E-state index contributed by atoms with van der Waals surface area (Å²) in [5, 5.41) is 7.11. The first-order valence-electron chi connectivity index (χ1n) is 6.03. The predicted molar refractivity (Wildman–Crippen MR) is 68.6 cm³/mol. The van der Waals surface area contributed by atoms with Crippen LogP contribution < -0.4 is 10.1 Å². The highest BCUT2D eigenvalue weighted by Crippen LogP contribution is 2.21. The molecule has 2 rings (SSSR count). The molecule has 0 aliphatic rings. The van der Waals surface area contributed by atoms with Crippen LogP contribution in [0, 0.1) is 6.92 Å². The molecular formula is C13H17N3O2. The third-order valence-electron chi connectivity index (χ3n) is 2.35. The van der Waals surface area contributed by atoms with E-state index in [1.165, 1.54) is 0 Å². The van der Waals surface area contributed by atoms with E-state index in [1.807, 2.05) is 25.1 Å². The zero-order valence-corrected chi connectivity index (χ0v) is 10.6. The highest BCUT2D eigenvalue weighted by molar-refractivity contribution is 5.49. The number of pyridine rings is 1. The summed E-state index contributed by atoms with van der Waals surface area (Å²) in [5.74, 6) is 2.29. The summed E-state index contributed by atoms with van der Waals surface area (Å²) in [7, 11) is 0. The molecule has 0 bridgehead atoms. The SMILES string of the molecule is CCCOc1cccnc1NCc1cc(C)on1. The summed E-state index contributed by atoms with van der Waals surface area (Å²) in [5.41, 5.74) is 0.847. The molecular weight excluding hydrogens is 230 g/mol. The molecule has 0 saturated heterocycles. The molecule has 1 N–H and O–H groups in total. The number of nitrogens with zero attached hydrogens (tertiary/aromatic N) is 2. The van der Waals surface area contributed by atoms with Crippen LogP contribution in [0.15, 0.2) is 28.9 Å². The van der Waals surface area contributed by atoms with Crippen molar-refractivity contribution in [2.45, 2.75) is 26.8 Å². The normalized spacial score (nSPS) is 10.3. The van der Waals surface area contributed by atoms with Crippen molar-refractivity contribution in [1.82, 2.24) is 10.1 Å². The van der Waals surface area contributed by atoms with Gasteiger partial charge in [0, 0.05) is 12.3 Å². The van der Waals surface area contributed by atoms with Crippen molar-refractivity contribution in [2.75, 3.05) is 11.9 Å². The van der Waals surface area contributed by atoms with E-state index in [4.69, 9.17) is 9.26 Å². The van der Waals surface area contributed by atoms with E-state index in [1.54, 1.807) is 6.20 Å². The number of hydrogen-bond donors (Lipinski definition) is 1. The van der Waals surface area contributed by atoms with E-state index in [0.717, 1.165) is 29.4 Å². The van der Waals surface area contributed by atoms with E-state index in [-0.39, 0.29) is 0 Å². The number of rotatable bonds is 6. The molecule has 0 aliphatic heterocycles. The quantitative estimate of drug-likeness (QED) is 0.850. The molecule has 0 aliphatic carbocycles. The monoisotopic (exact) mass is 247 g/mol. The van der Waals surface area contributed by atoms with Crippen LogP contribution in [0.1, 0.15) is 24.8 Å². The number of aromatic nitrogens is 2. The zero-order valence-electron chi connectivity index (χ0n) is 10.6. The summed E-state index contributed by atoms with van der Waals surface area (Å²) in [4.78, 5) is 4.26. The molecule has 5 heteroatoms. The summed E-state index contributed by atoms with van der Waals surface area (Å²) < 4.78 is 10.6. The Morgan fingerprint density at radius 3 is 3.06 bits per heavy atom. The first kappa shape index (κ1) is 12.4. The van der Waals surface area contributed by atoms with Crippen LogP contribution in [0.2, 0.25) is 0 Å². The molecule has 2 heterocycles. The molecule has 0 unspecified atom stereocenters. The molecule has 96 valence electrons. The Morgan fingerprint density at radius 1 is 1.44 bits per heavy atom. The van der Waals surface area contributed by atoms with Crippen LogP contribution in [0.25, 0.3) is 0 Å². The van der Waals surface area contributed by atoms with Crippen molar-refractivity contribution in [3.05, 3.63) is 35.9 Å². The van der Waals surface area contributed by atoms with Crippen LogP contribution in [0.4, 0.5) is 5.82 Å². The Morgan fingerprint density at radius 2 is 2.33 bits per heavy atom. The van der Waals surface area contributed by atoms with Gasteiger partial charge in [-0.25, -0.2) is 4.98 Å². The molecule has 0 saturated carbocycles. The van der Waals surface area contributed by atoms with Crippen LogP contribution in [0.3, 0.4) is 0 Å². The minimum atomic E-state index is 0.566. The Kier molecular flexibility index (Phi) is 4.17. The van der Waals surface area contributed by atoms with Gasteiger partial charge < -0.3 is 14.6 Å². The lowest BCUT2D eigenvalue weighted by Crippen LogP contribution is -2.05. The minimum Gasteiger partial charge on any atom is -0.490 e. The molecule has 2 aromatic rings. The van der Waals surface area contributed by atoms with Gasteiger partial charge in [-0.3, -0.25) is 0 Å². The summed E-state index contributed by atoms with van der Waals surface area (Å²) >= 11 is 0. The minimum absolute atomic E-state index is 0.566. The number of nitrogens with one attached hydrogen (secondary N) is 1. The second kappa shape index (κ2) is 6.05. The maximum absolute atomic E-state index is 5.61. The van der Waals surface area contributed by atoms with Gasteiger partial charge in [0.25, 0.3) is 0 Å². The number of hydrogen-bond acceptors (Lipinski definition) is 5. The number of ether oxygens (including phenoxy) is 1. The van der Waals surface area contributed by atoms with Gasteiger partial charge in [0.15, 0.2) is 11.6 Å². The van der Waals surface area contributed by atoms with E-state index in [9.17, 15) is 0 Å². The van der Waals surface area contributed by atoms with E-state index in [2.05, 4.69) is 22.4 Å².